The number of hydrogen-bond acceptors (Lipinski definition) is 6. The topological polar surface area (TPSA) is 86.8 Å². The molecule has 0 spiro atoms. The van der Waals surface area contributed by atoms with E-state index in [1.165, 1.54) is 7.11 Å². The number of sulfonamides is 1. The van der Waals surface area contributed by atoms with E-state index in [2.05, 4.69) is 9.71 Å². The minimum atomic E-state index is -4.59. The zero-order valence-electron chi connectivity index (χ0n) is 21.3. The molecule has 0 unspecified atom stereocenters. The van der Waals surface area contributed by atoms with Crippen molar-refractivity contribution in [1.29, 1.82) is 0 Å². The maximum atomic E-state index is 13.0. The van der Waals surface area contributed by atoms with Crippen LogP contribution in [0.2, 0.25) is 5.02 Å². The summed E-state index contributed by atoms with van der Waals surface area (Å²) in [7, 11) is -1.90. The highest BCUT2D eigenvalue weighted by Gasteiger charge is 2.32. The highest BCUT2D eigenvalue weighted by atomic mass is 35.5. The molecule has 0 bridgehead atoms. The van der Waals surface area contributed by atoms with Crippen molar-refractivity contribution in [2.75, 3.05) is 32.6 Å². The van der Waals surface area contributed by atoms with Crippen molar-refractivity contribution < 1.29 is 35.8 Å². The van der Waals surface area contributed by atoms with Crippen LogP contribution in [0.5, 0.6) is 17.4 Å². The molecule has 0 atom stereocenters. The Labute approximate surface area is 231 Å². The van der Waals surface area contributed by atoms with E-state index in [1.807, 2.05) is 30.3 Å². The summed E-state index contributed by atoms with van der Waals surface area (Å²) in [6.45, 7) is 0.842. The Kier molecular flexibility index (Phi) is 11.4. The Morgan fingerprint density at radius 3 is 2.46 bits per heavy atom. The fraction of sp³-hybridized carbons (Fsp3) is 0.370. The van der Waals surface area contributed by atoms with Gasteiger partial charge in [-0.3, -0.25) is 0 Å². The van der Waals surface area contributed by atoms with E-state index in [-0.39, 0.29) is 35.6 Å². The average Bonchev–Trinajstić information content (AvgIpc) is 2.89. The highest BCUT2D eigenvalue weighted by molar-refractivity contribution is 7.89. The summed E-state index contributed by atoms with van der Waals surface area (Å²) in [5, 5.41) is -0.301. The third-order valence-electron chi connectivity index (χ3n) is 5.60. The molecule has 3 aromatic rings. The number of ether oxygens (including phenoxy) is 3. The molecule has 0 aliphatic heterocycles. The molecule has 1 N–H and O–H groups in total. The lowest BCUT2D eigenvalue weighted by Crippen LogP contribution is -2.27. The molecule has 0 radical (unpaired) electrons. The van der Waals surface area contributed by atoms with E-state index >= 15 is 0 Å². The van der Waals surface area contributed by atoms with Gasteiger partial charge in [-0.2, -0.15) is 13.2 Å². The quantitative estimate of drug-likeness (QED) is 0.218. The summed E-state index contributed by atoms with van der Waals surface area (Å²) in [5.41, 5.74) is 0.764. The fourth-order valence-corrected chi connectivity index (χ4v) is 4.95. The Morgan fingerprint density at radius 1 is 1.00 bits per heavy atom. The van der Waals surface area contributed by atoms with Gasteiger partial charge in [0.15, 0.2) is 0 Å². The second kappa shape index (κ2) is 14.5. The van der Waals surface area contributed by atoms with E-state index in [1.54, 1.807) is 18.2 Å². The Balaban J connectivity index is 1.62. The van der Waals surface area contributed by atoms with Gasteiger partial charge in [-0.05, 0) is 48.9 Å². The molecule has 1 aromatic heterocycles. The van der Waals surface area contributed by atoms with Crippen molar-refractivity contribution in [3.05, 3.63) is 82.5 Å². The number of rotatable bonds is 15. The summed E-state index contributed by atoms with van der Waals surface area (Å²) < 4.78 is 82.7. The van der Waals surface area contributed by atoms with Gasteiger partial charge in [0.1, 0.15) is 23.1 Å². The molecule has 0 aliphatic carbocycles. The van der Waals surface area contributed by atoms with Crippen molar-refractivity contribution in [2.24, 2.45) is 0 Å². The number of nitrogens with zero attached hydrogens (tertiary/aromatic N) is 1. The minimum absolute atomic E-state index is 0.0157. The fourth-order valence-electron chi connectivity index (χ4n) is 3.62. The smallest absolute Gasteiger partial charge is 0.417 e. The monoisotopic (exact) mass is 586 g/mol. The molecule has 3 rings (SSSR count). The molecule has 1 heterocycles. The van der Waals surface area contributed by atoms with Crippen LogP contribution in [0.3, 0.4) is 0 Å². The minimum Gasteiger partial charge on any atom is -0.491 e. The van der Waals surface area contributed by atoms with Crippen LogP contribution in [-0.4, -0.2) is 46.0 Å². The lowest BCUT2D eigenvalue weighted by Gasteiger charge is -2.15. The van der Waals surface area contributed by atoms with Gasteiger partial charge in [-0.1, -0.05) is 48.0 Å². The summed E-state index contributed by atoms with van der Waals surface area (Å²) in [5.74, 6) is 0.554. The molecule has 7 nitrogen and oxygen atoms in total. The number of methoxy groups -OCH3 is 1. The van der Waals surface area contributed by atoms with Gasteiger partial charge < -0.3 is 14.2 Å². The number of alkyl halides is 3. The second-order valence-corrected chi connectivity index (χ2v) is 11.0. The highest BCUT2D eigenvalue weighted by Crippen LogP contribution is 2.36. The summed E-state index contributed by atoms with van der Waals surface area (Å²) in [6, 6.07) is 15.4. The van der Waals surface area contributed by atoms with Crippen LogP contribution in [-0.2, 0) is 33.8 Å². The third kappa shape index (κ3) is 10.3. The first-order chi connectivity index (χ1) is 18.6. The number of aryl methyl sites for hydroxylation is 2. The van der Waals surface area contributed by atoms with Crippen LogP contribution in [0.15, 0.2) is 60.8 Å². The molecule has 212 valence electrons. The van der Waals surface area contributed by atoms with Crippen LogP contribution in [0.4, 0.5) is 13.2 Å². The van der Waals surface area contributed by atoms with Crippen molar-refractivity contribution >= 4 is 21.6 Å². The molecular formula is C27H30ClF3N2O5S. The molecule has 0 fully saturated rings. The zero-order valence-corrected chi connectivity index (χ0v) is 22.9. The third-order valence-corrected chi connectivity index (χ3v) is 7.34. The lowest BCUT2D eigenvalue weighted by atomic mass is 10.1. The molecule has 12 heteroatoms. The standard InChI is InChI=1S/C27H30ClF3N2O5S/c1-36-14-15-37-23-12-11-21(25(18-23)38-26-24(28)17-22(19-32-26)27(29,30)31)10-5-13-33-39(34,35)16-6-9-20-7-3-2-4-8-20/h2-4,7-8,11-12,17-19,33H,5-6,9-10,13-16H2,1H3. The normalized spacial score (nSPS) is 11.9. The van der Waals surface area contributed by atoms with Gasteiger partial charge in [0.05, 0.1) is 17.9 Å². The van der Waals surface area contributed by atoms with E-state index < -0.39 is 21.8 Å². The first kappa shape index (κ1) is 30.7. The first-order valence-corrected chi connectivity index (χ1v) is 14.3. The van der Waals surface area contributed by atoms with Gasteiger partial charge in [-0.15, -0.1) is 0 Å². The molecule has 0 aliphatic rings. The number of pyridine rings is 1. The van der Waals surface area contributed by atoms with Crippen molar-refractivity contribution in [1.82, 2.24) is 9.71 Å². The van der Waals surface area contributed by atoms with Gasteiger partial charge in [0.25, 0.3) is 0 Å². The van der Waals surface area contributed by atoms with Crippen LogP contribution in [0.25, 0.3) is 0 Å². The molecular weight excluding hydrogens is 557 g/mol. The van der Waals surface area contributed by atoms with Crippen LogP contribution in [0.1, 0.15) is 29.5 Å². The Bertz CT molecular complexity index is 1310. The molecule has 0 amide bonds. The molecule has 0 saturated carbocycles. The van der Waals surface area contributed by atoms with Crippen molar-refractivity contribution in [3.8, 4) is 17.4 Å². The van der Waals surface area contributed by atoms with Gasteiger partial charge in [0, 0.05) is 25.9 Å². The summed E-state index contributed by atoms with van der Waals surface area (Å²) in [6.07, 6.45) is -1.91. The summed E-state index contributed by atoms with van der Waals surface area (Å²) in [4.78, 5) is 3.74. The van der Waals surface area contributed by atoms with Gasteiger partial charge >= 0.3 is 6.18 Å². The van der Waals surface area contributed by atoms with Crippen LogP contribution in [0, 0.1) is 0 Å². The SMILES string of the molecule is COCCOc1ccc(CCCNS(=O)(=O)CCCc2ccccc2)c(Oc2ncc(C(F)(F)F)cc2Cl)c1. The zero-order chi connectivity index (χ0) is 28.3. The van der Waals surface area contributed by atoms with Gasteiger partial charge in [-0.25, -0.2) is 18.1 Å². The largest absolute Gasteiger partial charge is 0.491 e. The molecule has 0 saturated heterocycles. The van der Waals surface area contributed by atoms with E-state index in [0.717, 1.165) is 11.6 Å². The number of benzene rings is 2. The Hall–Kier alpha value is -2.86. The van der Waals surface area contributed by atoms with Crippen molar-refractivity contribution in [3.63, 3.8) is 0 Å². The van der Waals surface area contributed by atoms with Crippen LogP contribution >= 0.6 is 11.6 Å². The predicted molar refractivity (Wildman–Crippen MR) is 143 cm³/mol. The van der Waals surface area contributed by atoms with Crippen LogP contribution < -0.4 is 14.2 Å². The maximum absolute atomic E-state index is 13.0. The Morgan fingerprint density at radius 2 is 1.77 bits per heavy atom. The molecule has 39 heavy (non-hydrogen) atoms. The number of hydrogen-bond donors (Lipinski definition) is 1. The second-order valence-electron chi connectivity index (χ2n) is 8.63. The molecule has 2 aromatic carbocycles. The summed E-state index contributed by atoms with van der Waals surface area (Å²) >= 11 is 6.03. The van der Waals surface area contributed by atoms with E-state index in [0.29, 0.717) is 49.8 Å². The predicted octanol–water partition coefficient (Wildman–Crippen LogP) is 6.06. The van der Waals surface area contributed by atoms with E-state index in [9.17, 15) is 21.6 Å². The first-order valence-electron chi connectivity index (χ1n) is 12.2. The maximum Gasteiger partial charge on any atom is 0.417 e. The average molecular weight is 587 g/mol. The van der Waals surface area contributed by atoms with Gasteiger partial charge in [0.2, 0.25) is 15.9 Å². The number of nitrogens with one attached hydrogen (secondary N) is 1. The number of halogens is 4. The lowest BCUT2D eigenvalue weighted by molar-refractivity contribution is -0.137. The van der Waals surface area contributed by atoms with Crippen molar-refractivity contribution in [2.45, 2.75) is 31.9 Å². The van der Waals surface area contributed by atoms with E-state index in [4.69, 9.17) is 25.8 Å². The number of aromatic nitrogens is 1.